The first-order chi connectivity index (χ1) is 13.8. The Morgan fingerprint density at radius 1 is 1.14 bits per heavy atom. The van der Waals surface area contributed by atoms with Crippen LogP contribution in [0.2, 0.25) is 0 Å². The summed E-state index contributed by atoms with van der Waals surface area (Å²) in [6.07, 6.45) is 5.94. The predicted octanol–water partition coefficient (Wildman–Crippen LogP) is 3.24. The minimum absolute atomic E-state index is 0.449. The van der Waals surface area contributed by atoms with Crippen LogP contribution in [0.5, 0.6) is 0 Å². The van der Waals surface area contributed by atoms with Crippen molar-refractivity contribution in [3.05, 3.63) is 48.8 Å². The molecule has 6 nitrogen and oxygen atoms in total. The third kappa shape index (κ3) is 3.98. The molecule has 0 bridgehead atoms. The molecule has 3 aromatic rings. The number of pyridine rings is 1. The lowest BCUT2D eigenvalue weighted by Crippen LogP contribution is -2.40. The van der Waals surface area contributed by atoms with Gasteiger partial charge in [0.2, 0.25) is 0 Å². The Morgan fingerprint density at radius 3 is 2.79 bits per heavy atom. The fraction of sp³-hybridized carbons (Fsp3) is 0.409. The van der Waals surface area contributed by atoms with Crippen molar-refractivity contribution < 1.29 is 4.74 Å². The Balaban J connectivity index is 1.70. The molecule has 0 saturated carbocycles. The largest absolute Gasteiger partial charge is 0.383 e. The topological polar surface area (TPSA) is 54.4 Å². The maximum Gasteiger partial charge on any atom is 0.162 e. The van der Waals surface area contributed by atoms with Crippen molar-refractivity contribution in [1.82, 2.24) is 19.9 Å². The lowest BCUT2D eigenvalue weighted by Gasteiger charge is -2.30. The summed E-state index contributed by atoms with van der Waals surface area (Å²) >= 11 is 0. The van der Waals surface area contributed by atoms with Crippen LogP contribution in [0.1, 0.15) is 12.8 Å². The van der Waals surface area contributed by atoms with Crippen LogP contribution in [0.15, 0.2) is 48.8 Å². The van der Waals surface area contributed by atoms with Crippen LogP contribution in [-0.4, -0.2) is 66.3 Å². The molecule has 1 saturated heterocycles. The molecule has 1 fully saturated rings. The standard InChI is InChI=1S/C22H27N5O/c1-26(14-15-28-2)16-18-6-5-13-27(18)22-19-7-3-4-8-20(19)24-21(25-22)17-9-11-23-12-10-17/h3-4,7-12,18H,5-6,13-16H2,1-2H3/t18-/m1/s1. The highest BCUT2D eigenvalue weighted by Gasteiger charge is 2.28. The van der Waals surface area contributed by atoms with Crippen LogP contribution < -0.4 is 4.90 Å². The third-order valence-electron chi connectivity index (χ3n) is 5.37. The number of benzene rings is 1. The quantitative estimate of drug-likeness (QED) is 0.630. The normalized spacial score (nSPS) is 17.0. The Kier molecular flexibility index (Phi) is 5.78. The fourth-order valence-electron chi connectivity index (χ4n) is 3.91. The van der Waals surface area contributed by atoms with Crippen molar-refractivity contribution in [2.75, 3.05) is 45.3 Å². The zero-order valence-corrected chi connectivity index (χ0v) is 16.6. The number of anilines is 1. The number of nitrogens with zero attached hydrogens (tertiary/aromatic N) is 5. The molecule has 0 amide bonds. The van der Waals surface area contributed by atoms with Gasteiger partial charge in [0.15, 0.2) is 5.82 Å². The molecule has 1 aliphatic rings. The first-order valence-corrected chi connectivity index (χ1v) is 9.87. The van der Waals surface area contributed by atoms with Crippen molar-refractivity contribution in [1.29, 1.82) is 0 Å². The second-order valence-corrected chi connectivity index (χ2v) is 7.37. The molecule has 0 radical (unpaired) electrons. The number of likely N-dealkylation sites (N-methyl/N-ethyl adjacent to an activating group) is 1. The van der Waals surface area contributed by atoms with E-state index in [0.717, 1.165) is 54.3 Å². The molecule has 1 atom stereocenters. The summed E-state index contributed by atoms with van der Waals surface area (Å²) in [4.78, 5) is 18.8. The maximum absolute atomic E-state index is 5.23. The van der Waals surface area contributed by atoms with Gasteiger partial charge in [-0.2, -0.15) is 0 Å². The van der Waals surface area contributed by atoms with Crippen LogP contribution in [-0.2, 0) is 4.74 Å². The number of methoxy groups -OCH3 is 1. The smallest absolute Gasteiger partial charge is 0.162 e. The van der Waals surface area contributed by atoms with E-state index >= 15 is 0 Å². The average molecular weight is 377 g/mol. The van der Waals surface area contributed by atoms with Gasteiger partial charge in [-0.25, -0.2) is 9.97 Å². The fourth-order valence-corrected chi connectivity index (χ4v) is 3.91. The second kappa shape index (κ2) is 8.63. The van der Waals surface area contributed by atoms with E-state index in [0.29, 0.717) is 6.04 Å². The summed E-state index contributed by atoms with van der Waals surface area (Å²) in [5.41, 5.74) is 1.98. The van der Waals surface area contributed by atoms with Crippen molar-refractivity contribution in [3.63, 3.8) is 0 Å². The number of hydrogen-bond donors (Lipinski definition) is 0. The Morgan fingerprint density at radius 2 is 1.96 bits per heavy atom. The van der Waals surface area contributed by atoms with Gasteiger partial charge in [0.05, 0.1) is 12.1 Å². The molecule has 1 aromatic carbocycles. The molecule has 28 heavy (non-hydrogen) atoms. The van der Waals surface area contributed by atoms with E-state index in [4.69, 9.17) is 14.7 Å². The molecular formula is C22H27N5O. The zero-order valence-electron chi connectivity index (χ0n) is 16.6. The predicted molar refractivity (Wildman–Crippen MR) is 113 cm³/mol. The molecule has 0 N–H and O–H groups in total. The SMILES string of the molecule is COCCN(C)C[C@H]1CCCN1c1nc(-c2ccncc2)nc2ccccc12. The van der Waals surface area contributed by atoms with E-state index in [-0.39, 0.29) is 0 Å². The van der Waals surface area contributed by atoms with Crippen LogP contribution in [0.3, 0.4) is 0 Å². The van der Waals surface area contributed by atoms with Crippen LogP contribution >= 0.6 is 0 Å². The monoisotopic (exact) mass is 377 g/mol. The van der Waals surface area contributed by atoms with E-state index in [9.17, 15) is 0 Å². The lowest BCUT2D eigenvalue weighted by atomic mass is 10.1. The van der Waals surface area contributed by atoms with Gasteiger partial charge in [0.1, 0.15) is 5.82 Å². The first kappa shape index (κ1) is 18.8. The van der Waals surface area contributed by atoms with Gasteiger partial charge in [-0.3, -0.25) is 4.98 Å². The van der Waals surface area contributed by atoms with Crippen LogP contribution in [0.25, 0.3) is 22.3 Å². The van der Waals surface area contributed by atoms with Gasteiger partial charge in [-0.15, -0.1) is 0 Å². The van der Waals surface area contributed by atoms with Gasteiger partial charge >= 0.3 is 0 Å². The molecule has 2 aromatic heterocycles. The van der Waals surface area contributed by atoms with Crippen LogP contribution in [0.4, 0.5) is 5.82 Å². The molecule has 6 heteroatoms. The van der Waals surface area contributed by atoms with Gasteiger partial charge in [-0.1, -0.05) is 12.1 Å². The molecular weight excluding hydrogens is 350 g/mol. The third-order valence-corrected chi connectivity index (χ3v) is 5.37. The summed E-state index contributed by atoms with van der Waals surface area (Å²) in [5, 5.41) is 1.12. The highest BCUT2D eigenvalue weighted by molar-refractivity contribution is 5.91. The number of rotatable bonds is 7. The highest BCUT2D eigenvalue weighted by atomic mass is 16.5. The first-order valence-electron chi connectivity index (χ1n) is 9.87. The average Bonchev–Trinajstić information content (AvgIpc) is 3.20. The number of hydrogen-bond acceptors (Lipinski definition) is 6. The number of para-hydroxylation sites is 1. The maximum atomic E-state index is 5.23. The number of ether oxygens (including phenoxy) is 1. The van der Waals surface area contributed by atoms with Crippen molar-refractivity contribution in [2.45, 2.75) is 18.9 Å². The summed E-state index contributed by atoms with van der Waals surface area (Å²) < 4.78 is 5.23. The number of fused-ring (bicyclic) bond motifs is 1. The van der Waals surface area contributed by atoms with Gasteiger partial charge in [0, 0.05) is 56.1 Å². The minimum Gasteiger partial charge on any atom is -0.383 e. The summed E-state index contributed by atoms with van der Waals surface area (Å²) in [6.45, 7) is 3.73. The van der Waals surface area contributed by atoms with E-state index in [2.05, 4.69) is 40.0 Å². The lowest BCUT2D eigenvalue weighted by molar-refractivity contribution is 0.158. The Bertz CT molecular complexity index is 917. The zero-order chi connectivity index (χ0) is 19.3. The van der Waals surface area contributed by atoms with Crippen molar-refractivity contribution in [2.24, 2.45) is 0 Å². The highest BCUT2D eigenvalue weighted by Crippen LogP contribution is 2.32. The molecule has 0 aliphatic carbocycles. The summed E-state index contributed by atoms with van der Waals surface area (Å²) in [6, 6.07) is 12.7. The van der Waals surface area contributed by atoms with E-state index in [1.807, 2.05) is 18.2 Å². The summed E-state index contributed by atoms with van der Waals surface area (Å²) in [7, 11) is 3.92. The van der Waals surface area contributed by atoms with Crippen molar-refractivity contribution >= 4 is 16.7 Å². The van der Waals surface area contributed by atoms with Gasteiger partial charge in [0.25, 0.3) is 0 Å². The van der Waals surface area contributed by atoms with E-state index in [1.54, 1.807) is 19.5 Å². The van der Waals surface area contributed by atoms with Crippen LogP contribution in [0, 0.1) is 0 Å². The molecule has 0 spiro atoms. The summed E-state index contributed by atoms with van der Waals surface area (Å²) in [5.74, 6) is 1.80. The molecule has 4 rings (SSSR count). The Hall–Kier alpha value is -2.57. The number of aromatic nitrogens is 3. The second-order valence-electron chi connectivity index (χ2n) is 7.37. The van der Waals surface area contributed by atoms with Gasteiger partial charge < -0.3 is 14.5 Å². The minimum atomic E-state index is 0.449. The molecule has 1 aliphatic heterocycles. The van der Waals surface area contributed by atoms with Gasteiger partial charge in [-0.05, 0) is 44.2 Å². The van der Waals surface area contributed by atoms with E-state index in [1.165, 1.54) is 12.8 Å². The Labute approximate surface area is 166 Å². The molecule has 146 valence electrons. The molecule has 3 heterocycles. The molecule has 0 unspecified atom stereocenters. The van der Waals surface area contributed by atoms with E-state index < -0.39 is 0 Å². The van der Waals surface area contributed by atoms with Crippen molar-refractivity contribution in [3.8, 4) is 11.4 Å².